The summed E-state index contributed by atoms with van der Waals surface area (Å²) in [5.74, 6) is 1.05. The molecule has 0 bridgehead atoms. The molecular formula is C9H6FO3. The first-order chi connectivity index (χ1) is 6.31. The Morgan fingerprint density at radius 1 is 1.46 bits per heavy atom. The lowest BCUT2D eigenvalue weighted by molar-refractivity contribution is 0.220. The summed E-state index contributed by atoms with van der Waals surface area (Å²) in [6.07, 6.45) is 1.96. The van der Waals surface area contributed by atoms with E-state index < -0.39 is 6.01 Å². The molecule has 0 fully saturated rings. The lowest BCUT2D eigenvalue weighted by atomic mass is 10.3. The molecule has 0 saturated carbocycles. The van der Waals surface area contributed by atoms with Crippen molar-refractivity contribution in [1.82, 2.24) is 0 Å². The molecule has 0 N–H and O–H groups in total. The first-order valence-electron chi connectivity index (χ1n) is 3.61. The third-order valence-electron chi connectivity index (χ3n) is 1.60. The van der Waals surface area contributed by atoms with E-state index in [2.05, 4.69) is 0 Å². The minimum absolute atomic E-state index is 0.237. The fourth-order valence-electron chi connectivity index (χ4n) is 1.04. The molecule has 67 valence electrons. The zero-order chi connectivity index (χ0) is 9.26. The predicted octanol–water partition coefficient (Wildman–Crippen LogP) is 2.04. The summed E-state index contributed by atoms with van der Waals surface area (Å²) < 4.78 is 27.1. The van der Waals surface area contributed by atoms with Gasteiger partial charge in [0.25, 0.3) is 0 Å². The number of halogens is 1. The maximum atomic E-state index is 12.6. The van der Waals surface area contributed by atoms with E-state index in [9.17, 15) is 4.39 Å². The van der Waals surface area contributed by atoms with Gasteiger partial charge in [-0.2, -0.15) is 4.39 Å². The summed E-state index contributed by atoms with van der Waals surface area (Å²) >= 11 is 0. The summed E-state index contributed by atoms with van der Waals surface area (Å²) in [5.41, 5.74) is 0. The fourth-order valence-corrected chi connectivity index (χ4v) is 1.04. The molecule has 3 nitrogen and oxygen atoms in total. The Hall–Kier alpha value is -1.71. The van der Waals surface area contributed by atoms with Gasteiger partial charge in [0.2, 0.25) is 12.0 Å². The third-order valence-corrected chi connectivity index (χ3v) is 1.60. The van der Waals surface area contributed by atoms with Gasteiger partial charge in [-0.1, -0.05) is 6.07 Å². The van der Waals surface area contributed by atoms with Crippen LogP contribution in [0.5, 0.6) is 17.2 Å². The van der Waals surface area contributed by atoms with Crippen LogP contribution in [0.3, 0.4) is 0 Å². The van der Waals surface area contributed by atoms with E-state index in [0.29, 0.717) is 11.5 Å². The third kappa shape index (κ3) is 1.30. The Balaban J connectivity index is 2.46. The van der Waals surface area contributed by atoms with Crippen LogP contribution in [0.4, 0.5) is 4.39 Å². The zero-order valence-electron chi connectivity index (χ0n) is 6.83. The lowest BCUT2D eigenvalue weighted by Crippen LogP contribution is -2.03. The largest absolute Gasteiger partial charge is 0.493 e. The van der Waals surface area contributed by atoms with Gasteiger partial charge in [-0.15, -0.1) is 0 Å². The molecule has 0 saturated heterocycles. The monoisotopic (exact) mass is 181 g/mol. The smallest absolute Gasteiger partial charge is 0.326 e. The van der Waals surface area contributed by atoms with Crippen molar-refractivity contribution in [2.45, 2.75) is 0 Å². The maximum absolute atomic E-state index is 12.6. The van der Waals surface area contributed by atoms with Gasteiger partial charge in [0.15, 0.2) is 11.5 Å². The first kappa shape index (κ1) is 7.91. The second kappa shape index (κ2) is 2.97. The van der Waals surface area contributed by atoms with Crippen molar-refractivity contribution in [3.8, 4) is 17.2 Å². The second-order valence-electron chi connectivity index (χ2n) is 2.37. The number of fused-ring (bicyclic) bond motifs is 1. The molecule has 13 heavy (non-hydrogen) atoms. The Bertz CT molecular complexity index is 360. The summed E-state index contributed by atoms with van der Waals surface area (Å²) in [6.45, 7) is 0. The average Bonchev–Trinajstić information content (AvgIpc) is 2.17. The molecule has 0 amide bonds. The van der Waals surface area contributed by atoms with Gasteiger partial charge in [-0.05, 0) is 12.1 Å². The molecule has 1 aliphatic rings. The molecular weight excluding hydrogens is 175 g/mol. The minimum atomic E-state index is -0.906. The van der Waals surface area contributed by atoms with E-state index in [1.165, 1.54) is 7.11 Å². The molecule has 0 atom stereocenters. The van der Waals surface area contributed by atoms with Gasteiger partial charge < -0.3 is 14.2 Å². The molecule has 0 aliphatic carbocycles. The van der Waals surface area contributed by atoms with Crippen molar-refractivity contribution < 1.29 is 18.6 Å². The van der Waals surface area contributed by atoms with Crippen molar-refractivity contribution in [2.75, 3.05) is 7.11 Å². The quantitative estimate of drug-likeness (QED) is 0.663. The van der Waals surface area contributed by atoms with Crippen LogP contribution >= 0.6 is 0 Å². The van der Waals surface area contributed by atoms with Gasteiger partial charge in [-0.25, -0.2) is 0 Å². The number of ether oxygens (including phenoxy) is 3. The average molecular weight is 181 g/mol. The molecule has 4 heteroatoms. The highest BCUT2D eigenvalue weighted by atomic mass is 19.1. The van der Waals surface area contributed by atoms with E-state index >= 15 is 0 Å². The first-order valence-corrected chi connectivity index (χ1v) is 3.61. The molecule has 1 radical (unpaired) electrons. The number of hydrogen-bond donors (Lipinski definition) is 0. The number of para-hydroxylation sites is 1. The zero-order valence-corrected chi connectivity index (χ0v) is 6.83. The Morgan fingerprint density at radius 2 is 2.31 bits per heavy atom. The van der Waals surface area contributed by atoms with E-state index in [1.807, 2.05) is 6.26 Å². The van der Waals surface area contributed by atoms with Crippen LogP contribution in [0, 0.1) is 6.26 Å². The second-order valence-corrected chi connectivity index (χ2v) is 2.37. The van der Waals surface area contributed by atoms with Crippen molar-refractivity contribution in [3.05, 3.63) is 30.5 Å². The van der Waals surface area contributed by atoms with Crippen molar-refractivity contribution in [3.63, 3.8) is 0 Å². The van der Waals surface area contributed by atoms with Crippen LogP contribution in [-0.2, 0) is 0 Å². The Kier molecular flexibility index (Phi) is 1.81. The van der Waals surface area contributed by atoms with E-state index in [4.69, 9.17) is 14.2 Å². The van der Waals surface area contributed by atoms with Crippen LogP contribution in [0.25, 0.3) is 0 Å². The van der Waals surface area contributed by atoms with Crippen LogP contribution in [0.1, 0.15) is 0 Å². The fraction of sp³-hybridized carbons (Fsp3) is 0.111. The predicted molar refractivity (Wildman–Crippen MR) is 42.1 cm³/mol. The maximum Gasteiger partial charge on any atom is 0.326 e. The normalized spacial score (nSPS) is 13.5. The summed E-state index contributed by atoms with van der Waals surface area (Å²) in [6, 6.07) is 4.10. The van der Waals surface area contributed by atoms with Crippen LogP contribution in [-0.4, -0.2) is 7.11 Å². The van der Waals surface area contributed by atoms with Gasteiger partial charge >= 0.3 is 6.01 Å². The van der Waals surface area contributed by atoms with E-state index in [-0.39, 0.29) is 5.75 Å². The van der Waals surface area contributed by atoms with Gasteiger partial charge in [0, 0.05) is 0 Å². The standard InChI is InChI=1S/C9H6FO3/c1-11-6-3-2-4-7-9(6)13-8(10)5-12-7/h2-4H,1H3. The molecule has 0 unspecified atom stereocenters. The van der Waals surface area contributed by atoms with Crippen molar-refractivity contribution >= 4 is 0 Å². The molecule has 0 aromatic heterocycles. The van der Waals surface area contributed by atoms with Crippen LogP contribution < -0.4 is 14.2 Å². The number of benzene rings is 1. The van der Waals surface area contributed by atoms with Gasteiger partial charge in [0.05, 0.1) is 7.11 Å². The SMILES string of the molecule is COc1cccc2c1OC(F)=[C]O2. The number of hydrogen-bond acceptors (Lipinski definition) is 3. The van der Waals surface area contributed by atoms with Crippen molar-refractivity contribution in [1.29, 1.82) is 0 Å². The number of methoxy groups -OCH3 is 1. The summed E-state index contributed by atoms with van der Waals surface area (Å²) in [4.78, 5) is 0. The highest BCUT2D eigenvalue weighted by Crippen LogP contribution is 2.40. The number of rotatable bonds is 1. The molecule has 1 aromatic carbocycles. The summed E-state index contributed by atoms with van der Waals surface area (Å²) in [5, 5.41) is 0. The molecule has 0 spiro atoms. The van der Waals surface area contributed by atoms with Crippen molar-refractivity contribution in [2.24, 2.45) is 0 Å². The molecule has 1 aromatic rings. The topological polar surface area (TPSA) is 27.7 Å². The van der Waals surface area contributed by atoms with E-state index in [0.717, 1.165) is 0 Å². The van der Waals surface area contributed by atoms with E-state index in [1.54, 1.807) is 18.2 Å². The van der Waals surface area contributed by atoms with Gasteiger partial charge in [0.1, 0.15) is 0 Å². The Labute approximate surface area is 74.3 Å². The van der Waals surface area contributed by atoms with Crippen LogP contribution in [0.15, 0.2) is 24.2 Å². The van der Waals surface area contributed by atoms with Gasteiger partial charge in [-0.3, -0.25) is 0 Å². The lowest BCUT2D eigenvalue weighted by Gasteiger charge is -2.15. The highest BCUT2D eigenvalue weighted by molar-refractivity contribution is 5.52. The molecule has 2 rings (SSSR count). The summed E-state index contributed by atoms with van der Waals surface area (Å²) in [7, 11) is 1.47. The Morgan fingerprint density at radius 3 is 3.08 bits per heavy atom. The highest BCUT2D eigenvalue weighted by Gasteiger charge is 2.18. The molecule has 1 heterocycles. The minimum Gasteiger partial charge on any atom is -0.493 e. The van der Waals surface area contributed by atoms with Crippen LogP contribution in [0.2, 0.25) is 0 Å². The molecule has 1 aliphatic heterocycles.